The van der Waals surface area contributed by atoms with Gasteiger partial charge in [0.05, 0.1) is 17.7 Å². The minimum Gasteiger partial charge on any atom is -0.497 e. The molecule has 26 heavy (non-hydrogen) atoms. The molecular weight excluding hydrogens is 352 g/mol. The summed E-state index contributed by atoms with van der Waals surface area (Å²) in [6.45, 7) is 5.68. The number of amides is 1. The first kappa shape index (κ1) is 19.8. The molecule has 0 radical (unpaired) electrons. The number of hydrogen-bond donors (Lipinski definition) is 2. The van der Waals surface area contributed by atoms with Crippen molar-refractivity contribution in [2.75, 3.05) is 11.8 Å². The van der Waals surface area contributed by atoms with Crippen molar-refractivity contribution >= 4 is 21.6 Å². The van der Waals surface area contributed by atoms with Gasteiger partial charge in [-0.1, -0.05) is 13.0 Å². The largest absolute Gasteiger partial charge is 0.497 e. The molecule has 0 aliphatic carbocycles. The van der Waals surface area contributed by atoms with E-state index in [9.17, 15) is 13.2 Å². The zero-order valence-electron chi connectivity index (χ0n) is 15.4. The second-order valence-corrected chi connectivity index (χ2v) is 7.78. The standard InChI is InChI=1S/C19H24N2O4S/c1-5-14(3)20-19(22)15-7-6-13(2)18(12-15)21-26(23,24)17-10-8-16(25-4)9-11-17/h6-12,14,21H,5H2,1-4H3,(H,20,22). The molecule has 0 fully saturated rings. The van der Waals surface area contributed by atoms with E-state index in [0.29, 0.717) is 17.0 Å². The van der Waals surface area contributed by atoms with Crippen LogP contribution >= 0.6 is 0 Å². The van der Waals surface area contributed by atoms with E-state index in [4.69, 9.17) is 4.74 Å². The first-order valence-corrected chi connectivity index (χ1v) is 9.83. The van der Waals surface area contributed by atoms with Crippen molar-refractivity contribution in [3.63, 3.8) is 0 Å². The Morgan fingerprint density at radius 1 is 1.15 bits per heavy atom. The molecule has 7 heteroatoms. The Hall–Kier alpha value is -2.54. The number of hydrogen-bond acceptors (Lipinski definition) is 4. The molecule has 6 nitrogen and oxygen atoms in total. The monoisotopic (exact) mass is 376 g/mol. The predicted octanol–water partition coefficient (Wildman–Crippen LogP) is 3.33. The molecule has 0 saturated carbocycles. The van der Waals surface area contributed by atoms with E-state index in [-0.39, 0.29) is 16.8 Å². The second-order valence-electron chi connectivity index (χ2n) is 6.09. The molecule has 1 amide bonds. The zero-order valence-corrected chi connectivity index (χ0v) is 16.2. The van der Waals surface area contributed by atoms with Crippen molar-refractivity contribution in [1.82, 2.24) is 5.32 Å². The van der Waals surface area contributed by atoms with Gasteiger partial charge in [0.2, 0.25) is 0 Å². The fourth-order valence-electron chi connectivity index (χ4n) is 2.24. The summed E-state index contributed by atoms with van der Waals surface area (Å²) in [5.41, 5.74) is 1.50. The average molecular weight is 376 g/mol. The maximum atomic E-state index is 12.6. The lowest BCUT2D eigenvalue weighted by Gasteiger charge is -2.14. The van der Waals surface area contributed by atoms with Crippen LogP contribution in [0.2, 0.25) is 0 Å². The molecular formula is C19H24N2O4S. The molecule has 0 aliphatic rings. The number of nitrogens with one attached hydrogen (secondary N) is 2. The number of rotatable bonds is 7. The van der Waals surface area contributed by atoms with Crippen LogP contribution in [0.25, 0.3) is 0 Å². The SMILES string of the molecule is CCC(C)NC(=O)c1ccc(C)c(NS(=O)(=O)c2ccc(OC)cc2)c1. The number of benzene rings is 2. The van der Waals surface area contributed by atoms with E-state index in [0.717, 1.165) is 12.0 Å². The summed E-state index contributed by atoms with van der Waals surface area (Å²) < 4.78 is 32.8. The van der Waals surface area contributed by atoms with Crippen LogP contribution < -0.4 is 14.8 Å². The van der Waals surface area contributed by atoms with Crippen LogP contribution in [0.4, 0.5) is 5.69 Å². The Kier molecular flexibility index (Phi) is 6.26. The number of aryl methyl sites for hydroxylation is 1. The molecule has 0 bridgehead atoms. The van der Waals surface area contributed by atoms with Crippen LogP contribution in [0.3, 0.4) is 0 Å². The molecule has 2 N–H and O–H groups in total. The van der Waals surface area contributed by atoms with Gasteiger partial charge in [0.25, 0.3) is 15.9 Å². The summed E-state index contributed by atoms with van der Waals surface area (Å²) >= 11 is 0. The second kappa shape index (κ2) is 8.23. The number of carbonyl (C=O) groups excluding carboxylic acids is 1. The first-order valence-electron chi connectivity index (χ1n) is 8.35. The average Bonchev–Trinajstić information content (AvgIpc) is 2.63. The van der Waals surface area contributed by atoms with Gasteiger partial charge >= 0.3 is 0 Å². The lowest BCUT2D eigenvalue weighted by Crippen LogP contribution is -2.32. The fourth-order valence-corrected chi connectivity index (χ4v) is 3.36. The Morgan fingerprint density at radius 2 is 1.81 bits per heavy atom. The highest BCUT2D eigenvalue weighted by molar-refractivity contribution is 7.92. The normalized spacial score (nSPS) is 12.3. The Morgan fingerprint density at radius 3 is 2.38 bits per heavy atom. The Labute approximate surface area is 154 Å². The molecule has 2 aromatic rings. The third kappa shape index (κ3) is 4.76. The van der Waals surface area contributed by atoms with Gasteiger partial charge in [-0.15, -0.1) is 0 Å². The smallest absolute Gasteiger partial charge is 0.261 e. The zero-order chi connectivity index (χ0) is 19.3. The quantitative estimate of drug-likeness (QED) is 0.776. The van der Waals surface area contributed by atoms with E-state index in [2.05, 4.69) is 10.0 Å². The molecule has 1 atom stereocenters. The summed E-state index contributed by atoms with van der Waals surface area (Å²) in [6, 6.07) is 11.1. The molecule has 0 aromatic heterocycles. The Bertz CT molecular complexity index is 877. The van der Waals surface area contributed by atoms with Crippen molar-refractivity contribution in [3.05, 3.63) is 53.6 Å². The summed E-state index contributed by atoms with van der Waals surface area (Å²) in [7, 11) is -2.25. The Balaban J connectivity index is 2.27. The van der Waals surface area contributed by atoms with Crippen LogP contribution in [0.1, 0.15) is 36.2 Å². The van der Waals surface area contributed by atoms with Gasteiger partial charge in [-0.3, -0.25) is 9.52 Å². The topological polar surface area (TPSA) is 84.5 Å². The lowest BCUT2D eigenvalue weighted by atomic mass is 10.1. The number of sulfonamides is 1. The van der Waals surface area contributed by atoms with Gasteiger partial charge in [-0.25, -0.2) is 8.42 Å². The molecule has 1 unspecified atom stereocenters. The van der Waals surface area contributed by atoms with E-state index >= 15 is 0 Å². The molecule has 140 valence electrons. The summed E-state index contributed by atoms with van der Waals surface area (Å²) in [5.74, 6) is 0.341. The molecule has 2 rings (SSSR count). The summed E-state index contributed by atoms with van der Waals surface area (Å²) in [4.78, 5) is 12.4. The van der Waals surface area contributed by atoms with Crippen molar-refractivity contribution in [3.8, 4) is 5.75 Å². The van der Waals surface area contributed by atoms with Crippen LogP contribution in [0, 0.1) is 6.92 Å². The first-order chi connectivity index (χ1) is 12.3. The van der Waals surface area contributed by atoms with Crippen molar-refractivity contribution in [1.29, 1.82) is 0 Å². The van der Waals surface area contributed by atoms with E-state index < -0.39 is 10.0 Å². The molecule has 0 spiro atoms. The van der Waals surface area contributed by atoms with Crippen LogP contribution in [0.5, 0.6) is 5.75 Å². The summed E-state index contributed by atoms with van der Waals surface area (Å²) in [5, 5.41) is 2.87. The maximum Gasteiger partial charge on any atom is 0.261 e. The molecule has 2 aromatic carbocycles. The van der Waals surface area contributed by atoms with Gasteiger partial charge in [-0.05, 0) is 62.2 Å². The molecule has 0 aliphatic heterocycles. The fraction of sp³-hybridized carbons (Fsp3) is 0.316. The highest BCUT2D eigenvalue weighted by Crippen LogP contribution is 2.23. The van der Waals surface area contributed by atoms with E-state index in [1.165, 1.54) is 19.2 Å². The van der Waals surface area contributed by atoms with Gasteiger partial charge < -0.3 is 10.1 Å². The number of carbonyl (C=O) groups is 1. The minimum atomic E-state index is -3.77. The lowest BCUT2D eigenvalue weighted by molar-refractivity contribution is 0.0939. The van der Waals surface area contributed by atoms with E-state index in [1.807, 2.05) is 13.8 Å². The van der Waals surface area contributed by atoms with Gasteiger partial charge in [-0.2, -0.15) is 0 Å². The van der Waals surface area contributed by atoms with Crippen LogP contribution in [-0.4, -0.2) is 27.5 Å². The maximum absolute atomic E-state index is 12.6. The molecule has 0 heterocycles. The minimum absolute atomic E-state index is 0.0447. The number of anilines is 1. The van der Waals surface area contributed by atoms with Crippen molar-refractivity contribution in [2.24, 2.45) is 0 Å². The number of ether oxygens (including phenoxy) is 1. The highest BCUT2D eigenvalue weighted by atomic mass is 32.2. The highest BCUT2D eigenvalue weighted by Gasteiger charge is 2.17. The number of methoxy groups -OCH3 is 1. The van der Waals surface area contributed by atoms with Gasteiger partial charge in [0, 0.05) is 11.6 Å². The van der Waals surface area contributed by atoms with Crippen LogP contribution in [0.15, 0.2) is 47.4 Å². The third-order valence-electron chi connectivity index (χ3n) is 4.10. The summed E-state index contributed by atoms with van der Waals surface area (Å²) in [6.07, 6.45) is 0.814. The van der Waals surface area contributed by atoms with Crippen molar-refractivity contribution < 1.29 is 17.9 Å². The molecule has 0 saturated heterocycles. The van der Waals surface area contributed by atoms with Crippen molar-refractivity contribution in [2.45, 2.75) is 38.1 Å². The third-order valence-corrected chi connectivity index (χ3v) is 5.49. The van der Waals surface area contributed by atoms with E-state index in [1.54, 1.807) is 37.3 Å². The van der Waals surface area contributed by atoms with Crippen LogP contribution in [-0.2, 0) is 10.0 Å². The van der Waals surface area contributed by atoms with Gasteiger partial charge in [0.1, 0.15) is 5.75 Å². The predicted molar refractivity (Wildman–Crippen MR) is 102 cm³/mol. The van der Waals surface area contributed by atoms with Gasteiger partial charge in [0.15, 0.2) is 0 Å².